The summed E-state index contributed by atoms with van der Waals surface area (Å²) in [5.74, 6) is 1.40. The lowest BCUT2D eigenvalue weighted by Gasteiger charge is -2.38. The molecule has 2 unspecified atom stereocenters. The van der Waals surface area contributed by atoms with Crippen LogP contribution in [0.2, 0.25) is 5.02 Å². The van der Waals surface area contributed by atoms with Gasteiger partial charge in [-0.2, -0.15) is 23.3 Å². The van der Waals surface area contributed by atoms with Crippen molar-refractivity contribution in [1.29, 1.82) is 0 Å². The Kier molecular flexibility index (Phi) is 6.29. The lowest BCUT2D eigenvalue weighted by molar-refractivity contribution is -0.143. The second-order valence-electron chi connectivity index (χ2n) is 9.18. The van der Waals surface area contributed by atoms with Gasteiger partial charge in [-0.3, -0.25) is 0 Å². The van der Waals surface area contributed by atoms with E-state index >= 15 is 0 Å². The molecule has 0 spiro atoms. The van der Waals surface area contributed by atoms with Crippen LogP contribution in [0.4, 0.5) is 23.4 Å². The zero-order valence-corrected chi connectivity index (χ0v) is 19.6. The van der Waals surface area contributed by atoms with Gasteiger partial charge < -0.3 is 9.64 Å². The molecule has 186 valence electrons. The monoisotopic (exact) mass is 510 g/mol. The number of alkyl halides is 3. The Bertz CT molecular complexity index is 1180. The van der Waals surface area contributed by atoms with Crippen molar-refractivity contribution in [3.8, 4) is 11.8 Å². The van der Waals surface area contributed by atoms with Gasteiger partial charge in [0.25, 0.3) is 0 Å². The van der Waals surface area contributed by atoms with Crippen LogP contribution < -0.4 is 9.64 Å². The van der Waals surface area contributed by atoms with Crippen molar-refractivity contribution in [2.24, 2.45) is 17.8 Å². The average Bonchev–Trinajstić information content (AvgIpc) is 3.20. The second-order valence-corrected chi connectivity index (χ2v) is 9.62. The summed E-state index contributed by atoms with van der Waals surface area (Å²) in [5.41, 5.74) is 0.899. The standard InChI is InChI=1S/C23H23ClF4N6O/c1-13-4-21(30-12-29-13)33-9-14-2-3-15(10-33)19(14)8-20-31-22(34(32-20)11-23(26,27)28)35-18-6-16(24)5-17(25)7-18/h4-7,12,14-15,19H,2-3,8-11H2,1H3. The number of nitrogens with zero attached hydrogens (tertiary/aromatic N) is 6. The first-order valence-corrected chi connectivity index (χ1v) is 11.7. The number of fused-ring (bicyclic) bond motifs is 2. The number of rotatable bonds is 6. The van der Waals surface area contributed by atoms with Crippen molar-refractivity contribution in [1.82, 2.24) is 24.7 Å². The van der Waals surface area contributed by atoms with Crippen LogP contribution in [0, 0.1) is 30.5 Å². The largest absolute Gasteiger partial charge is 0.424 e. The highest BCUT2D eigenvalue weighted by atomic mass is 35.5. The van der Waals surface area contributed by atoms with E-state index in [2.05, 4.69) is 25.0 Å². The number of ether oxygens (including phenoxy) is 1. The van der Waals surface area contributed by atoms with Gasteiger partial charge in [-0.05, 0) is 49.7 Å². The van der Waals surface area contributed by atoms with E-state index < -0.39 is 18.5 Å². The van der Waals surface area contributed by atoms with E-state index in [1.807, 2.05) is 13.0 Å². The molecule has 2 bridgehead atoms. The SMILES string of the molecule is Cc1cc(N2CC3CCC(C2)C3Cc2nc(Oc3cc(F)cc(Cl)c3)n(CC(F)(F)F)n2)ncn1. The fraction of sp³-hybridized carbons (Fsp3) is 0.478. The summed E-state index contributed by atoms with van der Waals surface area (Å²) >= 11 is 5.85. The summed E-state index contributed by atoms with van der Waals surface area (Å²) in [4.78, 5) is 15.1. The van der Waals surface area contributed by atoms with Crippen LogP contribution in [0.15, 0.2) is 30.6 Å². The van der Waals surface area contributed by atoms with E-state index in [1.54, 1.807) is 6.33 Å². The van der Waals surface area contributed by atoms with E-state index in [0.717, 1.165) is 49.6 Å². The zero-order valence-electron chi connectivity index (χ0n) is 18.8. The fourth-order valence-electron chi connectivity index (χ4n) is 5.18. The average molecular weight is 511 g/mol. The van der Waals surface area contributed by atoms with E-state index in [1.165, 1.54) is 6.07 Å². The molecule has 7 nitrogen and oxygen atoms in total. The van der Waals surface area contributed by atoms with Gasteiger partial charge >= 0.3 is 12.2 Å². The zero-order chi connectivity index (χ0) is 24.7. The van der Waals surface area contributed by atoms with Crippen molar-refractivity contribution >= 4 is 17.4 Å². The van der Waals surface area contributed by atoms with Crippen LogP contribution in [-0.2, 0) is 13.0 Å². The fourth-order valence-corrected chi connectivity index (χ4v) is 5.39. The van der Waals surface area contributed by atoms with Crippen molar-refractivity contribution in [3.63, 3.8) is 0 Å². The Labute approximate surface area is 204 Å². The molecular weight excluding hydrogens is 488 g/mol. The minimum atomic E-state index is -4.53. The number of aryl methyl sites for hydroxylation is 1. The normalized spacial score (nSPS) is 22.0. The van der Waals surface area contributed by atoms with Gasteiger partial charge in [0.1, 0.15) is 30.3 Å². The quantitative estimate of drug-likeness (QED) is 0.423. The van der Waals surface area contributed by atoms with Gasteiger partial charge in [0.2, 0.25) is 0 Å². The molecule has 1 aliphatic heterocycles. The van der Waals surface area contributed by atoms with Crippen LogP contribution in [-0.4, -0.2) is 44.0 Å². The number of benzene rings is 1. The first kappa shape index (κ1) is 23.8. The Morgan fingerprint density at radius 2 is 1.83 bits per heavy atom. The van der Waals surface area contributed by atoms with Gasteiger partial charge in [0.15, 0.2) is 5.82 Å². The van der Waals surface area contributed by atoms with E-state index in [0.29, 0.717) is 22.9 Å². The smallest absolute Gasteiger partial charge is 0.408 e. The summed E-state index contributed by atoms with van der Waals surface area (Å²) in [6.45, 7) is 2.18. The van der Waals surface area contributed by atoms with Crippen molar-refractivity contribution < 1.29 is 22.3 Å². The topological polar surface area (TPSA) is 69.0 Å². The number of anilines is 1. The highest BCUT2D eigenvalue weighted by Gasteiger charge is 2.43. The third-order valence-corrected chi connectivity index (χ3v) is 6.83. The highest BCUT2D eigenvalue weighted by molar-refractivity contribution is 6.30. The molecule has 0 N–H and O–H groups in total. The van der Waals surface area contributed by atoms with Gasteiger partial charge in [-0.1, -0.05) is 11.6 Å². The predicted molar refractivity (Wildman–Crippen MR) is 120 cm³/mol. The van der Waals surface area contributed by atoms with Crippen LogP contribution >= 0.6 is 11.6 Å². The van der Waals surface area contributed by atoms with Gasteiger partial charge in [-0.25, -0.2) is 19.0 Å². The second kappa shape index (κ2) is 9.25. The van der Waals surface area contributed by atoms with Gasteiger partial charge in [0.05, 0.1) is 0 Å². The molecule has 0 radical (unpaired) electrons. The molecule has 0 amide bonds. The third kappa shape index (κ3) is 5.50. The van der Waals surface area contributed by atoms with E-state index in [4.69, 9.17) is 16.3 Å². The van der Waals surface area contributed by atoms with Gasteiger partial charge in [-0.15, -0.1) is 0 Å². The van der Waals surface area contributed by atoms with E-state index in [9.17, 15) is 17.6 Å². The lowest BCUT2D eigenvalue weighted by atomic mass is 9.82. The minimum Gasteiger partial charge on any atom is -0.424 e. The predicted octanol–water partition coefficient (Wildman–Crippen LogP) is 5.23. The molecule has 1 saturated carbocycles. The van der Waals surface area contributed by atoms with Crippen LogP contribution in [0.1, 0.15) is 24.4 Å². The Balaban J connectivity index is 1.35. The summed E-state index contributed by atoms with van der Waals surface area (Å²) < 4.78 is 59.4. The number of hydrogen-bond donors (Lipinski definition) is 0. The summed E-state index contributed by atoms with van der Waals surface area (Å²) in [6, 6.07) is 5.03. The number of piperidine rings is 1. The van der Waals surface area contributed by atoms with Gasteiger partial charge in [0, 0.05) is 42.4 Å². The summed E-state index contributed by atoms with van der Waals surface area (Å²) in [5, 5.41) is 4.18. The maximum atomic E-state index is 13.7. The molecule has 2 aromatic heterocycles. The molecule has 1 saturated heterocycles. The Morgan fingerprint density at radius 3 is 2.49 bits per heavy atom. The van der Waals surface area contributed by atoms with Crippen LogP contribution in [0.3, 0.4) is 0 Å². The lowest BCUT2D eigenvalue weighted by Crippen LogP contribution is -2.43. The molecule has 2 fully saturated rings. The van der Waals surface area contributed by atoms with Crippen molar-refractivity contribution in [3.05, 3.63) is 53.0 Å². The number of hydrogen-bond acceptors (Lipinski definition) is 6. The summed E-state index contributed by atoms with van der Waals surface area (Å²) in [6.07, 6.45) is -0.461. The molecule has 12 heteroatoms. The first-order chi connectivity index (χ1) is 16.6. The maximum Gasteiger partial charge on any atom is 0.408 e. The van der Waals surface area contributed by atoms with E-state index in [-0.39, 0.29) is 28.5 Å². The van der Waals surface area contributed by atoms with Crippen LogP contribution in [0.5, 0.6) is 11.8 Å². The number of aromatic nitrogens is 5. The molecule has 2 aliphatic rings. The Hall–Kier alpha value is -2.95. The van der Waals surface area contributed by atoms with Crippen molar-refractivity contribution in [2.45, 2.75) is 38.9 Å². The maximum absolute atomic E-state index is 13.7. The molecule has 3 heterocycles. The first-order valence-electron chi connectivity index (χ1n) is 11.3. The molecule has 35 heavy (non-hydrogen) atoms. The highest BCUT2D eigenvalue weighted by Crippen LogP contribution is 2.44. The summed E-state index contributed by atoms with van der Waals surface area (Å²) in [7, 11) is 0. The molecule has 1 aromatic carbocycles. The third-order valence-electron chi connectivity index (χ3n) is 6.62. The number of halogens is 5. The molecule has 5 rings (SSSR count). The molecule has 1 aliphatic carbocycles. The van der Waals surface area contributed by atoms with Crippen molar-refractivity contribution in [2.75, 3.05) is 18.0 Å². The molecular formula is C23H23ClF4N6O. The molecule has 3 aromatic rings. The van der Waals surface area contributed by atoms with Crippen LogP contribution in [0.25, 0.3) is 0 Å². The Morgan fingerprint density at radius 1 is 1.09 bits per heavy atom. The molecule has 2 atom stereocenters. The minimum absolute atomic E-state index is 0.0501.